The second-order valence-electron chi connectivity index (χ2n) is 8.09. The molecule has 14 heteroatoms. The van der Waals surface area contributed by atoms with Crippen molar-refractivity contribution in [1.29, 1.82) is 0 Å². The molecule has 0 unspecified atom stereocenters. The van der Waals surface area contributed by atoms with E-state index < -0.39 is 62.6 Å². The Morgan fingerprint density at radius 2 is 1.68 bits per heavy atom. The van der Waals surface area contributed by atoms with E-state index >= 15 is 0 Å². The van der Waals surface area contributed by atoms with Crippen molar-refractivity contribution in [3.05, 3.63) is 88.9 Å². The van der Waals surface area contributed by atoms with Gasteiger partial charge in [-0.15, -0.1) is 11.3 Å². The largest absolute Gasteiger partial charge is 0.329 e. The number of thiazole rings is 1. The molecule has 3 aromatic carbocycles. The number of carbonyl (C=O) groups excluding carboxylic acids is 2. The van der Waals surface area contributed by atoms with Crippen molar-refractivity contribution in [2.75, 3.05) is 11.9 Å². The number of halogens is 4. The van der Waals surface area contributed by atoms with Crippen LogP contribution in [0.1, 0.15) is 5.56 Å². The summed E-state index contributed by atoms with van der Waals surface area (Å²) in [6.07, 6.45) is -0.432. The minimum absolute atomic E-state index is 0.0106. The van der Waals surface area contributed by atoms with Gasteiger partial charge in [0.25, 0.3) is 10.0 Å². The van der Waals surface area contributed by atoms with E-state index in [0.717, 1.165) is 21.7 Å². The number of sulfonamides is 1. The Kier molecular flexibility index (Phi) is 7.64. The van der Waals surface area contributed by atoms with Gasteiger partial charge in [0.15, 0.2) is 0 Å². The fraction of sp³-hybridized carbons (Fsp3) is 0.125. The Hall–Kier alpha value is -4.04. The Bertz CT molecular complexity index is 1630. The maximum absolute atomic E-state index is 14.0. The first-order valence-electron chi connectivity index (χ1n) is 10.8. The van der Waals surface area contributed by atoms with E-state index in [0.29, 0.717) is 35.5 Å². The Morgan fingerprint density at radius 1 is 0.974 bits per heavy atom. The summed E-state index contributed by atoms with van der Waals surface area (Å²) in [6.45, 7) is 0. The number of fused-ring (bicyclic) bond motifs is 1. The van der Waals surface area contributed by atoms with E-state index in [1.165, 1.54) is 23.1 Å². The van der Waals surface area contributed by atoms with Crippen molar-refractivity contribution in [3.8, 4) is 0 Å². The molecule has 0 aliphatic rings. The van der Waals surface area contributed by atoms with Gasteiger partial charge in [-0.1, -0.05) is 0 Å². The predicted molar refractivity (Wildman–Crippen MR) is 132 cm³/mol. The first-order chi connectivity index (χ1) is 17.9. The third-order valence-corrected chi connectivity index (χ3v) is 7.56. The highest BCUT2D eigenvalue weighted by Crippen LogP contribution is 2.24. The molecule has 0 spiro atoms. The minimum Gasteiger partial charge on any atom is -0.325 e. The van der Waals surface area contributed by atoms with Gasteiger partial charge in [-0.2, -0.15) is 0 Å². The lowest BCUT2D eigenvalue weighted by molar-refractivity contribution is -0.120. The van der Waals surface area contributed by atoms with Crippen LogP contribution in [0.15, 0.2) is 65.0 Å². The van der Waals surface area contributed by atoms with Crippen LogP contribution in [0.2, 0.25) is 0 Å². The minimum atomic E-state index is -4.89. The molecule has 0 saturated heterocycles. The smallest absolute Gasteiger partial charge is 0.325 e. The number of rotatable bonds is 7. The molecule has 198 valence electrons. The molecule has 0 radical (unpaired) electrons. The Labute approximate surface area is 218 Å². The van der Waals surface area contributed by atoms with Crippen molar-refractivity contribution in [1.82, 2.24) is 15.0 Å². The number of nitrogens with zero attached hydrogens (tertiary/aromatic N) is 2. The number of hydrogen-bond acceptors (Lipinski definition) is 6. The maximum atomic E-state index is 14.0. The molecular weight excluding hydrogens is 548 g/mol. The summed E-state index contributed by atoms with van der Waals surface area (Å²) in [5.74, 6) is -5.00. The third-order valence-electron chi connectivity index (χ3n) is 5.41. The molecule has 2 N–H and O–H groups in total. The fourth-order valence-corrected chi connectivity index (χ4v) is 5.29. The quantitative estimate of drug-likeness (QED) is 0.328. The fourth-order valence-electron chi connectivity index (χ4n) is 3.63. The zero-order chi connectivity index (χ0) is 27.6. The lowest BCUT2D eigenvalue weighted by Crippen LogP contribution is -2.52. The molecule has 3 amide bonds. The second kappa shape index (κ2) is 10.8. The summed E-state index contributed by atoms with van der Waals surface area (Å²) in [5, 5.41) is 2.15. The zero-order valence-electron chi connectivity index (χ0n) is 19.4. The molecule has 0 fully saturated rings. The van der Waals surface area contributed by atoms with Crippen LogP contribution in [0, 0.1) is 23.3 Å². The summed E-state index contributed by atoms with van der Waals surface area (Å²) in [5.41, 5.74) is 2.58. The summed E-state index contributed by atoms with van der Waals surface area (Å²) < 4.78 is 82.4. The van der Waals surface area contributed by atoms with Gasteiger partial charge in [-0.05, 0) is 54.1 Å². The van der Waals surface area contributed by atoms with Crippen LogP contribution in [0.4, 0.5) is 28.0 Å². The first kappa shape index (κ1) is 27.0. The highest BCUT2D eigenvalue weighted by molar-refractivity contribution is 7.90. The van der Waals surface area contributed by atoms with Crippen LogP contribution in [0.25, 0.3) is 10.2 Å². The molecule has 8 nitrogen and oxygen atoms in total. The van der Waals surface area contributed by atoms with E-state index in [1.807, 2.05) is 0 Å². The number of nitrogens with one attached hydrogen (secondary N) is 2. The highest BCUT2D eigenvalue weighted by atomic mass is 32.2. The number of anilines is 1. The lowest BCUT2D eigenvalue weighted by atomic mass is 10.0. The average Bonchev–Trinajstić information content (AvgIpc) is 3.31. The van der Waals surface area contributed by atoms with Crippen molar-refractivity contribution in [2.24, 2.45) is 0 Å². The van der Waals surface area contributed by atoms with E-state index in [4.69, 9.17) is 0 Å². The zero-order valence-corrected chi connectivity index (χ0v) is 21.0. The summed E-state index contributed by atoms with van der Waals surface area (Å²) in [7, 11) is -3.51. The Balaban J connectivity index is 1.61. The van der Waals surface area contributed by atoms with Gasteiger partial charge in [-0.25, -0.2) is 40.5 Å². The van der Waals surface area contributed by atoms with Gasteiger partial charge < -0.3 is 10.2 Å². The maximum Gasteiger partial charge on any atom is 0.329 e. The molecule has 1 atom stereocenters. The van der Waals surface area contributed by atoms with Gasteiger partial charge in [0.05, 0.1) is 15.7 Å². The molecule has 4 rings (SSSR count). The SMILES string of the molecule is CN(C(=O)[C@H](Cc1cc(F)cc(F)c1)NC(=O)NS(=O)(=O)c1cc(F)ccc1F)c1ccc2scnc2c1. The molecule has 1 aromatic heterocycles. The van der Waals surface area contributed by atoms with Gasteiger partial charge in [0, 0.05) is 25.2 Å². The molecule has 0 aliphatic heterocycles. The molecule has 0 saturated carbocycles. The molecular formula is C24H18F4N4O4S2. The van der Waals surface area contributed by atoms with E-state index in [1.54, 1.807) is 23.7 Å². The van der Waals surface area contributed by atoms with Crippen molar-refractivity contribution < 1.29 is 35.6 Å². The summed E-state index contributed by atoms with van der Waals surface area (Å²) >= 11 is 1.38. The van der Waals surface area contributed by atoms with Gasteiger partial charge >= 0.3 is 6.03 Å². The van der Waals surface area contributed by atoms with Crippen LogP contribution in [0.5, 0.6) is 0 Å². The van der Waals surface area contributed by atoms with Crippen molar-refractivity contribution in [3.63, 3.8) is 0 Å². The first-order valence-corrected chi connectivity index (χ1v) is 13.1. The number of likely N-dealkylation sites (N-methyl/N-ethyl adjacent to an activating group) is 1. The van der Waals surface area contributed by atoms with Crippen LogP contribution in [0.3, 0.4) is 0 Å². The van der Waals surface area contributed by atoms with Crippen LogP contribution in [-0.2, 0) is 21.2 Å². The van der Waals surface area contributed by atoms with Gasteiger partial charge in [0.2, 0.25) is 5.91 Å². The number of amides is 3. The van der Waals surface area contributed by atoms with Crippen molar-refractivity contribution >= 4 is 49.2 Å². The number of urea groups is 1. The highest BCUT2D eigenvalue weighted by Gasteiger charge is 2.29. The molecule has 38 heavy (non-hydrogen) atoms. The normalized spacial score (nSPS) is 12.2. The monoisotopic (exact) mass is 566 g/mol. The number of benzene rings is 3. The molecule has 1 heterocycles. The number of carbonyl (C=O) groups is 2. The summed E-state index contributed by atoms with van der Waals surface area (Å²) in [4.78, 5) is 30.2. The van der Waals surface area contributed by atoms with Gasteiger partial charge in [0.1, 0.15) is 34.2 Å². The standard InChI is InChI=1S/C24H18F4N4O4S2/c1-32(17-3-5-21-19(11-17)29-12-37-21)23(33)20(8-13-6-15(26)9-16(27)7-13)30-24(34)31-38(35,36)22-10-14(25)2-4-18(22)28/h2-7,9-12,20H,8H2,1H3,(H2,30,31,34)/t20-/m0/s1. The predicted octanol–water partition coefficient (Wildman–Crippen LogP) is 4.11. The number of aromatic nitrogens is 1. The van der Waals surface area contributed by atoms with Crippen LogP contribution in [-0.4, -0.2) is 38.4 Å². The van der Waals surface area contributed by atoms with Crippen LogP contribution < -0.4 is 14.9 Å². The lowest BCUT2D eigenvalue weighted by Gasteiger charge is -2.25. The number of hydrogen-bond donors (Lipinski definition) is 2. The van der Waals surface area contributed by atoms with E-state index in [9.17, 15) is 35.6 Å². The summed E-state index contributed by atoms with van der Waals surface area (Å²) in [6, 6.07) is 6.14. The molecule has 0 bridgehead atoms. The Morgan fingerprint density at radius 3 is 2.39 bits per heavy atom. The molecule has 0 aliphatic carbocycles. The van der Waals surface area contributed by atoms with Gasteiger partial charge in [-0.3, -0.25) is 4.79 Å². The second-order valence-corrected chi connectivity index (χ2v) is 10.6. The average molecular weight is 567 g/mol. The van der Waals surface area contributed by atoms with Crippen molar-refractivity contribution in [2.45, 2.75) is 17.4 Å². The van der Waals surface area contributed by atoms with E-state index in [-0.39, 0.29) is 5.56 Å². The third kappa shape index (κ3) is 6.08. The molecule has 4 aromatic rings. The van der Waals surface area contributed by atoms with Crippen LogP contribution >= 0.6 is 11.3 Å². The topological polar surface area (TPSA) is 108 Å². The van der Waals surface area contributed by atoms with E-state index in [2.05, 4.69) is 10.3 Å².